The van der Waals surface area contributed by atoms with E-state index in [9.17, 15) is 4.79 Å². The molecular weight excluding hydrogens is 358 g/mol. The van der Waals surface area contributed by atoms with Gasteiger partial charge >= 0.3 is 0 Å². The number of fused-ring (bicyclic) bond motifs is 1. The first-order valence-corrected chi connectivity index (χ1v) is 9.92. The third-order valence-electron chi connectivity index (χ3n) is 5.37. The quantitative estimate of drug-likeness (QED) is 0.599. The maximum atomic E-state index is 13.2. The summed E-state index contributed by atoms with van der Waals surface area (Å²) in [6.45, 7) is 6.46. The fourth-order valence-corrected chi connectivity index (χ4v) is 4.16. The van der Waals surface area contributed by atoms with E-state index in [1.54, 1.807) is 0 Å². The molecule has 3 heterocycles. The number of nitrogens with zero attached hydrogens (tertiary/aromatic N) is 3. The first-order valence-electron chi connectivity index (χ1n) is 9.55. The Morgan fingerprint density at radius 3 is 2.44 bits per heavy atom. The van der Waals surface area contributed by atoms with Gasteiger partial charge in [-0.15, -0.1) is 0 Å². The van der Waals surface area contributed by atoms with Gasteiger partial charge in [0.1, 0.15) is 0 Å². The Morgan fingerprint density at radius 1 is 1.04 bits per heavy atom. The summed E-state index contributed by atoms with van der Waals surface area (Å²) < 4.78 is 2.11. The third kappa shape index (κ3) is 3.52. The van der Waals surface area contributed by atoms with Crippen LogP contribution in [0.2, 0.25) is 5.02 Å². The van der Waals surface area contributed by atoms with Crippen LogP contribution in [0.4, 0.5) is 0 Å². The van der Waals surface area contributed by atoms with Gasteiger partial charge in [-0.2, -0.15) is 0 Å². The Labute approximate surface area is 164 Å². The predicted molar refractivity (Wildman–Crippen MR) is 110 cm³/mol. The number of halogens is 1. The maximum Gasteiger partial charge on any atom is 0.180 e. The molecule has 3 aromatic rings. The van der Waals surface area contributed by atoms with Gasteiger partial charge in [-0.25, -0.2) is 0 Å². The van der Waals surface area contributed by atoms with Crippen LogP contribution in [0.5, 0.6) is 0 Å². The van der Waals surface area contributed by atoms with Crippen molar-refractivity contribution in [2.24, 2.45) is 0 Å². The molecule has 0 spiro atoms. The predicted octanol–water partition coefficient (Wildman–Crippen LogP) is 4.96. The van der Waals surface area contributed by atoms with Crippen molar-refractivity contribution in [3.8, 4) is 5.69 Å². The lowest BCUT2D eigenvalue weighted by Crippen LogP contribution is -2.34. The summed E-state index contributed by atoms with van der Waals surface area (Å²) in [5, 5.41) is 0.697. The molecule has 4 nitrogen and oxygen atoms in total. The number of likely N-dealkylation sites (tertiary alicyclic amines) is 1. The third-order valence-corrected chi connectivity index (χ3v) is 5.62. The minimum atomic E-state index is 0.158. The van der Waals surface area contributed by atoms with Gasteiger partial charge in [0.05, 0.1) is 23.1 Å². The lowest BCUT2D eigenvalue weighted by Gasteiger charge is -2.25. The lowest BCUT2D eigenvalue weighted by molar-refractivity contribution is 0.0916. The fourth-order valence-electron chi connectivity index (χ4n) is 4.03. The van der Waals surface area contributed by atoms with E-state index in [0.29, 0.717) is 11.6 Å². The Hall–Kier alpha value is -2.17. The number of piperidine rings is 1. The number of pyridine rings is 1. The first kappa shape index (κ1) is 18.2. The Kier molecular flexibility index (Phi) is 5.02. The van der Waals surface area contributed by atoms with Crippen LogP contribution in [-0.2, 0) is 0 Å². The normalized spacial score (nSPS) is 15.4. The van der Waals surface area contributed by atoms with Crippen LogP contribution in [0, 0.1) is 13.8 Å². The van der Waals surface area contributed by atoms with E-state index < -0.39 is 0 Å². The minimum absolute atomic E-state index is 0.158. The zero-order valence-electron chi connectivity index (χ0n) is 15.8. The molecule has 1 aliphatic heterocycles. The van der Waals surface area contributed by atoms with Crippen LogP contribution in [0.1, 0.15) is 41.0 Å². The van der Waals surface area contributed by atoms with Crippen LogP contribution in [0.15, 0.2) is 36.4 Å². The zero-order chi connectivity index (χ0) is 19.0. The molecule has 0 bridgehead atoms. The molecule has 0 atom stereocenters. The van der Waals surface area contributed by atoms with Crippen molar-refractivity contribution in [3.05, 3.63) is 58.4 Å². The van der Waals surface area contributed by atoms with Crippen LogP contribution in [-0.4, -0.2) is 39.9 Å². The van der Waals surface area contributed by atoms with E-state index in [0.717, 1.165) is 46.8 Å². The molecule has 27 heavy (non-hydrogen) atoms. The molecule has 2 aromatic heterocycles. The van der Waals surface area contributed by atoms with Gasteiger partial charge in [0, 0.05) is 22.1 Å². The zero-order valence-corrected chi connectivity index (χ0v) is 16.6. The van der Waals surface area contributed by atoms with Crippen molar-refractivity contribution in [1.82, 2.24) is 14.5 Å². The van der Waals surface area contributed by atoms with Gasteiger partial charge in [-0.05, 0) is 76.2 Å². The topological polar surface area (TPSA) is 38.1 Å². The second-order valence-corrected chi connectivity index (χ2v) is 7.79. The first-order chi connectivity index (χ1) is 13.0. The number of Topliss-reactive ketones (excluding diaryl/α,β-unsaturated/α-hetero) is 1. The summed E-state index contributed by atoms with van der Waals surface area (Å²) in [5.41, 5.74) is 5.35. The summed E-state index contributed by atoms with van der Waals surface area (Å²) in [7, 11) is 0. The number of carbonyl (C=O) groups is 1. The summed E-state index contributed by atoms with van der Waals surface area (Å²) >= 11 is 6.06. The van der Waals surface area contributed by atoms with Crippen molar-refractivity contribution in [3.63, 3.8) is 0 Å². The fraction of sp³-hybridized carbons (Fsp3) is 0.364. The standard InChI is InChI=1S/C22H24ClN3O/c1-15-6-11-19-22(24-15)21(20(27)14-25-12-4-3-5-13-25)16(2)26(19)18-9-7-17(23)8-10-18/h6-11H,3-5,12-14H2,1-2H3. The van der Waals surface area contributed by atoms with Gasteiger partial charge in [-0.1, -0.05) is 18.0 Å². The lowest BCUT2D eigenvalue weighted by atomic mass is 10.1. The molecule has 140 valence electrons. The second-order valence-electron chi connectivity index (χ2n) is 7.35. The highest BCUT2D eigenvalue weighted by atomic mass is 35.5. The van der Waals surface area contributed by atoms with Gasteiger partial charge < -0.3 is 4.57 Å². The molecule has 0 saturated carbocycles. The molecule has 0 radical (unpaired) electrons. The molecule has 5 heteroatoms. The van der Waals surface area contributed by atoms with Crippen LogP contribution in [0.25, 0.3) is 16.7 Å². The van der Waals surface area contributed by atoms with Gasteiger partial charge in [0.15, 0.2) is 5.78 Å². The minimum Gasteiger partial charge on any atom is -0.312 e. The summed E-state index contributed by atoms with van der Waals surface area (Å²) in [6, 6.07) is 11.8. The highest BCUT2D eigenvalue weighted by Crippen LogP contribution is 2.29. The number of ketones is 1. The molecule has 0 amide bonds. The smallest absolute Gasteiger partial charge is 0.180 e. The largest absolute Gasteiger partial charge is 0.312 e. The van der Waals surface area contributed by atoms with Gasteiger partial charge in [0.25, 0.3) is 0 Å². The van der Waals surface area contributed by atoms with E-state index >= 15 is 0 Å². The summed E-state index contributed by atoms with van der Waals surface area (Å²) in [5.74, 6) is 0.158. The Morgan fingerprint density at radius 2 is 1.74 bits per heavy atom. The molecule has 4 rings (SSSR count). The number of rotatable bonds is 4. The second kappa shape index (κ2) is 7.45. The monoisotopic (exact) mass is 381 g/mol. The summed E-state index contributed by atoms with van der Waals surface area (Å²) in [4.78, 5) is 20.2. The average molecular weight is 382 g/mol. The molecule has 0 unspecified atom stereocenters. The van der Waals surface area contributed by atoms with E-state index in [-0.39, 0.29) is 5.78 Å². The van der Waals surface area contributed by atoms with Crippen molar-refractivity contribution < 1.29 is 4.79 Å². The highest BCUT2D eigenvalue weighted by Gasteiger charge is 2.24. The average Bonchev–Trinajstić information content (AvgIpc) is 2.94. The van der Waals surface area contributed by atoms with E-state index in [1.807, 2.05) is 44.2 Å². The molecule has 1 aliphatic rings. The maximum absolute atomic E-state index is 13.2. The van der Waals surface area contributed by atoms with Crippen molar-refractivity contribution in [2.75, 3.05) is 19.6 Å². The van der Waals surface area contributed by atoms with Gasteiger partial charge in [0.2, 0.25) is 0 Å². The Bertz CT molecular complexity index is 985. The van der Waals surface area contributed by atoms with Crippen molar-refractivity contribution >= 4 is 28.4 Å². The van der Waals surface area contributed by atoms with Gasteiger partial charge in [-0.3, -0.25) is 14.7 Å². The molecule has 1 fully saturated rings. The van der Waals surface area contributed by atoms with E-state index in [4.69, 9.17) is 16.6 Å². The van der Waals surface area contributed by atoms with E-state index in [1.165, 1.54) is 19.3 Å². The summed E-state index contributed by atoms with van der Waals surface area (Å²) in [6.07, 6.45) is 3.62. The molecule has 1 saturated heterocycles. The van der Waals surface area contributed by atoms with Crippen molar-refractivity contribution in [2.45, 2.75) is 33.1 Å². The molecule has 1 aromatic carbocycles. The highest BCUT2D eigenvalue weighted by molar-refractivity contribution is 6.30. The SMILES string of the molecule is Cc1ccc2c(n1)c(C(=O)CN1CCCCC1)c(C)n2-c1ccc(Cl)cc1. The van der Waals surface area contributed by atoms with Crippen LogP contribution >= 0.6 is 11.6 Å². The van der Waals surface area contributed by atoms with Crippen LogP contribution < -0.4 is 0 Å². The molecule has 0 N–H and O–H groups in total. The Balaban J connectivity index is 1.82. The number of carbonyl (C=O) groups excluding carboxylic acids is 1. The van der Waals surface area contributed by atoms with Crippen molar-refractivity contribution in [1.29, 1.82) is 0 Å². The van der Waals surface area contributed by atoms with E-state index in [2.05, 4.69) is 15.5 Å². The van der Waals surface area contributed by atoms with Crippen LogP contribution in [0.3, 0.4) is 0 Å². The molecular formula is C22H24ClN3O. The number of benzene rings is 1. The number of aryl methyl sites for hydroxylation is 1. The number of hydrogen-bond donors (Lipinski definition) is 0. The molecule has 0 aliphatic carbocycles. The number of hydrogen-bond acceptors (Lipinski definition) is 3. The number of aromatic nitrogens is 2.